The van der Waals surface area contributed by atoms with Gasteiger partial charge in [0.05, 0.1) is 0 Å². The first-order valence-electron chi connectivity index (χ1n) is 6.29. The molecule has 1 fully saturated rings. The van der Waals surface area contributed by atoms with Crippen molar-refractivity contribution in [2.24, 2.45) is 0 Å². The third-order valence-electron chi connectivity index (χ3n) is 3.03. The third kappa shape index (κ3) is 5.16. The van der Waals surface area contributed by atoms with Gasteiger partial charge < -0.3 is 9.50 Å². The van der Waals surface area contributed by atoms with Crippen LogP contribution in [-0.2, 0) is 27.3 Å². The van der Waals surface area contributed by atoms with Crippen molar-refractivity contribution in [2.75, 3.05) is 26.2 Å². The highest BCUT2D eigenvalue weighted by Crippen LogP contribution is 2.24. The molecule has 0 radical (unpaired) electrons. The molecule has 0 atom stereocenters. The van der Waals surface area contributed by atoms with Crippen LogP contribution in [0.5, 0.6) is 5.75 Å². The molecule has 1 aliphatic rings. The van der Waals surface area contributed by atoms with Crippen LogP contribution in [0.15, 0.2) is 23.1 Å². The molecule has 1 aromatic carbocycles. The van der Waals surface area contributed by atoms with Crippen molar-refractivity contribution in [1.82, 2.24) is 10.2 Å². The molecule has 1 N–H and O–H groups in total. The van der Waals surface area contributed by atoms with E-state index in [4.69, 9.17) is 0 Å². The van der Waals surface area contributed by atoms with Gasteiger partial charge in [0.1, 0.15) is 10.6 Å². The number of halogens is 2. The maximum atomic E-state index is 13.1. The van der Waals surface area contributed by atoms with Crippen LogP contribution in [0.4, 0.5) is 7.77 Å². The molecule has 0 bridgehead atoms. The maximum absolute atomic E-state index is 13.1. The Labute approximate surface area is 127 Å². The van der Waals surface area contributed by atoms with E-state index in [-0.39, 0.29) is 6.54 Å². The lowest BCUT2D eigenvalue weighted by Gasteiger charge is -2.27. The van der Waals surface area contributed by atoms with Crippen LogP contribution in [0.25, 0.3) is 0 Å². The van der Waals surface area contributed by atoms with Gasteiger partial charge in [-0.1, -0.05) is 3.89 Å². The van der Waals surface area contributed by atoms with E-state index < -0.39 is 31.4 Å². The summed E-state index contributed by atoms with van der Waals surface area (Å²) in [6, 6.07) is 2.84. The molecule has 0 aliphatic carbocycles. The van der Waals surface area contributed by atoms with E-state index in [0.29, 0.717) is 24.7 Å². The number of rotatable bonds is 5. The SMILES string of the molecule is O=S(=O)(F)Oc1cc(CN2CCNCC2)cc(S(=O)(=O)F)c1. The number of piperazine rings is 1. The molecule has 1 heterocycles. The summed E-state index contributed by atoms with van der Waals surface area (Å²) in [5.41, 5.74) is 0.305. The quantitative estimate of drug-likeness (QED) is 0.761. The first kappa shape index (κ1) is 17.1. The van der Waals surface area contributed by atoms with Gasteiger partial charge in [-0.3, -0.25) is 4.90 Å². The molecule has 0 spiro atoms. The van der Waals surface area contributed by atoms with Crippen LogP contribution >= 0.6 is 0 Å². The lowest BCUT2D eigenvalue weighted by atomic mass is 10.2. The van der Waals surface area contributed by atoms with E-state index in [1.165, 1.54) is 0 Å². The molecule has 1 aliphatic heterocycles. The smallest absolute Gasteiger partial charge is 0.358 e. The summed E-state index contributed by atoms with van der Waals surface area (Å²) in [5, 5.41) is 3.13. The molecule has 7 nitrogen and oxygen atoms in total. The van der Waals surface area contributed by atoms with Crippen molar-refractivity contribution in [3.8, 4) is 5.75 Å². The number of nitrogens with zero attached hydrogens (tertiary/aromatic N) is 1. The van der Waals surface area contributed by atoms with Crippen LogP contribution in [0.2, 0.25) is 0 Å². The molecule has 0 unspecified atom stereocenters. The Morgan fingerprint density at radius 1 is 1.09 bits per heavy atom. The summed E-state index contributed by atoms with van der Waals surface area (Å²) in [7, 11) is -10.4. The Bertz CT molecular complexity index is 746. The molecule has 0 aromatic heterocycles. The van der Waals surface area contributed by atoms with Crippen molar-refractivity contribution in [2.45, 2.75) is 11.4 Å². The van der Waals surface area contributed by atoms with Crippen molar-refractivity contribution in [3.63, 3.8) is 0 Å². The zero-order valence-electron chi connectivity index (χ0n) is 11.3. The van der Waals surface area contributed by atoms with E-state index in [1.807, 2.05) is 4.90 Å². The second kappa shape index (κ2) is 6.44. The van der Waals surface area contributed by atoms with Crippen LogP contribution in [0, 0.1) is 0 Å². The van der Waals surface area contributed by atoms with E-state index in [1.54, 1.807) is 0 Å². The molecule has 1 aromatic rings. The molecular formula is C11H14F2N2O5S2. The Balaban J connectivity index is 2.33. The predicted octanol–water partition coefficient (Wildman–Crippen LogP) is 0.343. The summed E-state index contributed by atoms with van der Waals surface area (Å²) in [6.45, 7) is 3.11. The standard InChI is InChI=1S/C11H14F2N2O5S2/c12-21(16,17)11-6-9(8-15-3-1-14-2-4-15)5-10(7-11)20-22(13,18)19/h5-7,14H,1-4,8H2. The van der Waals surface area contributed by atoms with Crippen LogP contribution in [0.3, 0.4) is 0 Å². The van der Waals surface area contributed by atoms with Gasteiger partial charge in [-0.2, -0.15) is 16.8 Å². The van der Waals surface area contributed by atoms with Crippen molar-refractivity contribution in [3.05, 3.63) is 23.8 Å². The maximum Gasteiger partial charge on any atom is 0.488 e. The minimum absolute atomic E-state index is 0.258. The lowest BCUT2D eigenvalue weighted by molar-refractivity contribution is 0.233. The zero-order valence-corrected chi connectivity index (χ0v) is 13.0. The first-order valence-corrected chi connectivity index (χ1v) is 8.98. The number of nitrogens with one attached hydrogen (secondary N) is 1. The van der Waals surface area contributed by atoms with E-state index in [9.17, 15) is 24.6 Å². The van der Waals surface area contributed by atoms with Gasteiger partial charge in [-0.15, -0.1) is 3.89 Å². The Morgan fingerprint density at radius 2 is 1.73 bits per heavy atom. The fourth-order valence-corrected chi connectivity index (χ4v) is 3.03. The van der Waals surface area contributed by atoms with Gasteiger partial charge in [-0.05, 0) is 17.7 Å². The lowest BCUT2D eigenvalue weighted by Crippen LogP contribution is -2.42. The van der Waals surface area contributed by atoms with E-state index in [0.717, 1.165) is 25.2 Å². The average Bonchev–Trinajstić information content (AvgIpc) is 2.36. The second-order valence-corrected chi connectivity index (χ2v) is 7.05. The van der Waals surface area contributed by atoms with Crippen LogP contribution in [-0.4, -0.2) is 47.9 Å². The summed E-state index contributed by atoms with van der Waals surface area (Å²) in [4.78, 5) is 1.17. The van der Waals surface area contributed by atoms with Crippen LogP contribution < -0.4 is 9.50 Å². The Kier molecular flexibility index (Phi) is 5.00. The van der Waals surface area contributed by atoms with Crippen molar-refractivity contribution >= 4 is 20.7 Å². The molecule has 124 valence electrons. The van der Waals surface area contributed by atoms with E-state index in [2.05, 4.69) is 9.50 Å². The first-order chi connectivity index (χ1) is 10.1. The van der Waals surface area contributed by atoms with Crippen LogP contribution in [0.1, 0.15) is 5.56 Å². The van der Waals surface area contributed by atoms with Crippen molar-refractivity contribution in [1.29, 1.82) is 0 Å². The Morgan fingerprint density at radius 3 is 2.27 bits per heavy atom. The molecular weight excluding hydrogens is 342 g/mol. The molecule has 0 amide bonds. The molecule has 1 saturated heterocycles. The number of benzene rings is 1. The zero-order chi connectivity index (χ0) is 16.4. The molecule has 2 rings (SSSR count). The number of hydrogen-bond donors (Lipinski definition) is 1. The van der Waals surface area contributed by atoms with Gasteiger partial charge >= 0.3 is 20.7 Å². The fourth-order valence-electron chi connectivity index (χ4n) is 2.15. The van der Waals surface area contributed by atoms with Gasteiger partial charge in [0, 0.05) is 38.8 Å². The fraction of sp³-hybridized carbons (Fsp3) is 0.455. The number of hydrogen-bond acceptors (Lipinski definition) is 7. The summed E-state index contributed by atoms with van der Waals surface area (Å²) in [5.74, 6) is -0.591. The highest BCUT2D eigenvalue weighted by atomic mass is 32.3. The molecule has 22 heavy (non-hydrogen) atoms. The van der Waals surface area contributed by atoms with E-state index >= 15 is 0 Å². The predicted molar refractivity (Wildman–Crippen MR) is 73.5 cm³/mol. The van der Waals surface area contributed by atoms with Gasteiger partial charge in [0.2, 0.25) is 0 Å². The largest absolute Gasteiger partial charge is 0.488 e. The highest BCUT2D eigenvalue weighted by Gasteiger charge is 2.19. The second-order valence-electron chi connectivity index (χ2n) is 4.75. The Hall–Kier alpha value is -1.30. The molecule has 11 heteroatoms. The topological polar surface area (TPSA) is 92.8 Å². The monoisotopic (exact) mass is 356 g/mol. The minimum atomic E-state index is -5.33. The van der Waals surface area contributed by atoms with Gasteiger partial charge in [0.15, 0.2) is 0 Å². The summed E-state index contributed by atoms with van der Waals surface area (Å²) >= 11 is 0. The third-order valence-corrected chi connectivity index (χ3v) is 4.22. The summed E-state index contributed by atoms with van der Waals surface area (Å²) in [6.07, 6.45) is 0. The average molecular weight is 356 g/mol. The molecule has 0 saturated carbocycles. The minimum Gasteiger partial charge on any atom is -0.358 e. The van der Waals surface area contributed by atoms with Gasteiger partial charge in [0.25, 0.3) is 0 Å². The summed E-state index contributed by atoms with van der Waals surface area (Å²) < 4.78 is 72.8. The van der Waals surface area contributed by atoms with Crippen molar-refractivity contribution < 1.29 is 28.8 Å². The normalized spacial score (nSPS) is 17.4. The van der Waals surface area contributed by atoms with Gasteiger partial charge in [-0.25, -0.2) is 0 Å². The highest BCUT2D eigenvalue weighted by molar-refractivity contribution is 7.86.